The third-order valence-electron chi connectivity index (χ3n) is 3.00. The van der Waals surface area contributed by atoms with Crippen LogP contribution < -0.4 is 4.90 Å². The molecule has 0 amide bonds. The number of hydrogen-bond donors (Lipinski definition) is 0. The van der Waals surface area contributed by atoms with E-state index in [1.807, 2.05) is 6.92 Å². The van der Waals surface area contributed by atoms with Crippen molar-refractivity contribution in [3.05, 3.63) is 10.6 Å². The van der Waals surface area contributed by atoms with E-state index in [0.29, 0.717) is 5.69 Å². The van der Waals surface area contributed by atoms with Crippen molar-refractivity contribution < 1.29 is 9.53 Å². The summed E-state index contributed by atoms with van der Waals surface area (Å²) >= 11 is 1.58. The molecule has 0 saturated carbocycles. The van der Waals surface area contributed by atoms with Crippen molar-refractivity contribution in [3.63, 3.8) is 0 Å². The fraction of sp³-hybridized carbons (Fsp3) is 0.714. The molecule has 0 saturated heterocycles. The number of rotatable bonds is 8. The van der Waals surface area contributed by atoms with Gasteiger partial charge >= 0.3 is 5.97 Å². The summed E-state index contributed by atoms with van der Waals surface area (Å²) in [7, 11) is 1.40. The normalized spacial score (nSPS) is 10.5. The third kappa shape index (κ3) is 4.49. The average Bonchev–Trinajstić information content (AvgIpc) is 2.80. The van der Waals surface area contributed by atoms with Crippen molar-refractivity contribution in [1.82, 2.24) is 4.98 Å². The molecule has 0 aromatic carbocycles. The predicted octanol–water partition coefficient (Wildman–Crippen LogP) is 3.64. The van der Waals surface area contributed by atoms with Gasteiger partial charge in [-0.25, -0.2) is 9.78 Å². The molecule has 0 fully saturated rings. The lowest BCUT2D eigenvalue weighted by Crippen LogP contribution is -2.25. The van der Waals surface area contributed by atoms with Crippen LogP contribution in [-0.4, -0.2) is 31.2 Å². The van der Waals surface area contributed by atoms with E-state index in [4.69, 9.17) is 4.74 Å². The molecule has 0 atom stereocenters. The average molecular weight is 284 g/mol. The Kier molecular flexibility index (Phi) is 6.84. The van der Waals surface area contributed by atoms with Crippen LogP contribution >= 0.6 is 11.3 Å². The minimum atomic E-state index is -0.342. The zero-order chi connectivity index (χ0) is 14.3. The number of thiazole rings is 1. The van der Waals surface area contributed by atoms with Crippen LogP contribution in [0.15, 0.2) is 0 Å². The molecule has 19 heavy (non-hydrogen) atoms. The first-order valence-corrected chi connectivity index (χ1v) is 7.76. The Morgan fingerprint density at radius 2 is 1.84 bits per heavy atom. The van der Waals surface area contributed by atoms with Gasteiger partial charge in [-0.3, -0.25) is 0 Å². The van der Waals surface area contributed by atoms with Gasteiger partial charge in [0.15, 0.2) is 10.8 Å². The van der Waals surface area contributed by atoms with Gasteiger partial charge in [0.05, 0.1) is 7.11 Å². The summed E-state index contributed by atoms with van der Waals surface area (Å²) in [4.78, 5) is 19.3. The first-order valence-electron chi connectivity index (χ1n) is 6.94. The zero-order valence-electron chi connectivity index (χ0n) is 12.4. The zero-order valence-corrected chi connectivity index (χ0v) is 13.2. The number of unbranched alkanes of at least 4 members (excludes halogenated alkanes) is 2. The van der Waals surface area contributed by atoms with Crippen LogP contribution in [0.1, 0.15) is 54.9 Å². The van der Waals surface area contributed by atoms with Gasteiger partial charge in [0.1, 0.15) is 0 Å². The van der Waals surface area contributed by atoms with Crippen LogP contribution in [0, 0.1) is 6.92 Å². The molecule has 1 heterocycles. The SMILES string of the molecule is CCCCN(CCCC)c1nc(C(=O)OC)c(C)s1. The van der Waals surface area contributed by atoms with Crippen LogP contribution in [0.2, 0.25) is 0 Å². The minimum Gasteiger partial charge on any atom is -0.464 e. The van der Waals surface area contributed by atoms with E-state index >= 15 is 0 Å². The van der Waals surface area contributed by atoms with Crippen molar-refractivity contribution >= 4 is 22.4 Å². The van der Waals surface area contributed by atoms with Gasteiger partial charge in [-0.2, -0.15) is 0 Å². The summed E-state index contributed by atoms with van der Waals surface area (Å²) in [6, 6.07) is 0. The highest BCUT2D eigenvalue weighted by atomic mass is 32.1. The number of aryl methyl sites for hydroxylation is 1. The Morgan fingerprint density at radius 3 is 2.32 bits per heavy atom. The molecule has 1 rings (SSSR count). The molecular weight excluding hydrogens is 260 g/mol. The molecule has 0 radical (unpaired) electrons. The maximum Gasteiger partial charge on any atom is 0.357 e. The maximum absolute atomic E-state index is 11.6. The van der Waals surface area contributed by atoms with Crippen LogP contribution in [0.5, 0.6) is 0 Å². The molecule has 108 valence electrons. The second-order valence-electron chi connectivity index (χ2n) is 4.59. The number of carbonyl (C=O) groups is 1. The van der Waals surface area contributed by atoms with E-state index in [0.717, 1.165) is 48.8 Å². The number of carbonyl (C=O) groups excluding carboxylic acids is 1. The Morgan fingerprint density at radius 1 is 1.26 bits per heavy atom. The smallest absolute Gasteiger partial charge is 0.357 e. The topological polar surface area (TPSA) is 42.4 Å². The highest BCUT2D eigenvalue weighted by Gasteiger charge is 2.18. The Hall–Kier alpha value is -1.10. The van der Waals surface area contributed by atoms with E-state index < -0.39 is 0 Å². The summed E-state index contributed by atoms with van der Waals surface area (Å²) in [5, 5.41) is 0.944. The van der Waals surface area contributed by atoms with Gasteiger partial charge in [0.2, 0.25) is 0 Å². The molecular formula is C14H24N2O2S. The second-order valence-corrected chi connectivity index (χ2v) is 5.77. The summed E-state index contributed by atoms with van der Waals surface area (Å²) in [5.41, 5.74) is 0.459. The van der Waals surface area contributed by atoms with E-state index in [1.165, 1.54) is 7.11 Å². The van der Waals surface area contributed by atoms with Gasteiger partial charge < -0.3 is 9.64 Å². The fourth-order valence-corrected chi connectivity index (χ4v) is 2.75. The molecule has 1 aromatic heterocycles. The van der Waals surface area contributed by atoms with Crippen LogP contribution in [0.4, 0.5) is 5.13 Å². The lowest BCUT2D eigenvalue weighted by atomic mass is 10.3. The summed E-state index contributed by atoms with van der Waals surface area (Å²) in [6.45, 7) is 8.30. The highest BCUT2D eigenvalue weighted by molar-refractivity contribution is 7.15. The Balaban J connectivity index is 2.85. The summed E-state index contributed by atoms with van der Waals surface area (Å²) < 4.78 is 4.76. The van der Waals surface area contributed by atoms with Crippen molar-refractivity contribution in [2.24, 2.45) is 0 Å². The molecule has 0 aliphatic rings. The number of hydrogen-bond acceptors (Lipinski definition) is 5. The number of esters is 1. The number of methoxy groups -OCH3 is 1. The molecule has 0 unspecified atom stereocenters. The molecule has 5 heteroatoms. The largest absolute Gasteiger partial charge is 0.464 e. The number of ether oxygens (including phenoxy) is 1. The lowest BCUT2D eigenvalue weighted by Gasteiger charge is -2.21. The quantitative estimate of drug-likeness (QED) is 0.683. The molecule has 0 bridgehead atoms. The van der Waals surface area contributed by atoms with Gasteiger partial charge in [0.25, 0.3) is 0 Å². The van der Waals surface area contributed by atoms with Crippen molar-refractivity contribution in [1.29, 1.82) is 0 Å². The van der Waals surface area contributed by atoms with Crippen LogP contribution in [0.25, 0.3) is 0 Å². The third-order valence-corrected chi connectivity index (χ3v) is 4.03. The molecule has 0 spiro atoms. The van der Waals surface area contributed by atoms with E-state index in [9.17, 15) is 4.79 Å². The molecule has 0 aliphatic carbocycles. The molecule has 0 aliphatic heterocycles. The Bertz CT molecular complexity index is 396. The van der Waals surface area contributed by atoms with E-state index in [1.54, 1.807) is 11.3 Å². The first kappa shape index (κ1) is 16.0. The van der Waals surface area contributed by atoms with E-state index in [2.05, 4.69) is 23.7 Å². The predicted molar refractivity (Wildman–Crippen MR) is 80.2 cm³/mol. The standard InChI is InChI=1S/C14H24N2O2S/c1-5-7-9-16(10-8-6-2)14-15-12(11(3)19-14)13(17)18-4/h5-10H2,1-4H3. The van der Waals surface area contributed by atoms with Crippen LogP contribution in [-0.2, 0) is 4.74 Å². The molecule has 0 N–H and O–H groups in total. The Labute approximate surface area is 119 Å². The number of anilines is 1. The van der Waals surface area contributed by atoms with Gasteiger partial charge in [-0.1, -0.05) is 26.7 Å². The monoisotopic (exact) mass is 284 g/mol. The minimum absolute atomic E-state index is 0.342. The van der Waals surface area contributed by atoms with Gasteiger partial charge in [-0.05, 0) is 19.8 Å². The number of aromatic nitrogens is 1. The van der Waals surface area contributed by atoms with Gasteiger partial charge in [-0.15, -0.1) is 11.3 Å². The van der Waals surface area contributed by atoms with Crippen molar-refractivity contribution in [3.8, 4) is 0 Å². The fourth-order valence-electron chi connectivity index (χ4n) is 1.80. The van der Waals surface area contributed by atoms with Crippen LogP contribution in [0.3, 0.4) is 0 Å². The summed E-state index contributed by atoms with van der Waals surface area (Å²) in [6.07, 6.45) is 4.62. The van der Waals surface area contributed by atoms with Crippen molar-refractivity contribution in [2.45, 2.75) is 46.5 Å². The molecule has 1 aromatic rings. The number of nitrogens with zero attached hydrogens (tertiary/aromatic N) is 2. The highest BCUT2D eigenvalue weighted by Crippen LogP contribution is 2.26. The van der Waals surface area contributed by atoms with Gasteiger partial charge in [0, 0.05) is 18.0 Å². The second kappa shape index (κ2) is 8.15. The van der Waals surface area contributed by atoms with Crippen molar-refractivity contribution in [2.75, 3.05) is 25.1 Å². The maximum atomic E-state index is 11.6. The summed E-state index contributed by atoms with van der Waals surface area (Å²) in [5.74, 6) is -0.342. The lowest BCUT2D eigenvalue weighted by molar-refractivity contribution is 0.0594. The van der Waals surface area contributed by atoms with E-state index in [-0.39, 0.29) is 5.97 Å². The molecule has 4 nitrogen and oxygen atoms in total. The first-order chi connectivity index (χ1) is 9.13.